The van der Waals surface area contributed by atoms with Crippen LogP contribution in [0.1, 0.15) is 5.56 Å². The summed E-state index contributed by atoms with van der Waals surface area (Å²) in [5, 5.41) is 10.6. The van der Waals surface area contributed by atoms with Gasteiger partial charge in [-0.25, -0.2) is 4.98 Å². The van der Waals surface area contributed by atoms with Gasteiger partial charge >= 0.3 is 0 Å². The molecule has 18 heavy (non-hydrogen) atoms. The zero-order chi connectivity index (χ0) is 12.5. The molecule has 0 unspecified atom stereocenters. The van der Waals surface area contributed by atoms with E-state index in [-0.39, 0.29) is 5.75 Å². The van der Waals surface area contributed by atoms with Crippen molar-refractivity contribution in [2.45, 2.75) is 6.54 Å². The van der Waals surface area contributed by atoms with Crippen LogP contribution in [-0.4, -0.2) is 19.6 Å². The largest absolute Gasteiger partial charge is 0.506 e. The molecule has 0 amide bonds. The highest BCUT2D eigenvalue weighted by molar-refractivity contribution is 5.87. The normalized spacial score (nSPS) is 10.9. The molecular weight excluding hydrogens is 233 g/mol. The van der Waals surface area contributed by atoms with Gasteiger partial charge in [0.2, 0.25) is 5.95 Å². The SMILES string of the molecule is Oc1ccc(Cn2cnc(F)c2)c2cccnc12. The maximum absolute atomic E-state index is 12.8. The van der Waals surface area contributed by atoms with Crippen LogP contribution in [0.15, 0.2) is 43.0 Å². The van der Waals surface area contributed by atoms with Crippen molar-refractivity contribution >= 4 is 10.9 Å². The Morgan fingerprint density at radius 3 is 2.89 bits per heavy atom. The lowest BCUT2D eigenvalue weighted by Gasteiger charge is -2.07. The molecule has 0 aliphatic carbocycles. The molecule has 3 rings (SSSR count). The third-order valence-corrected chi connectivity index (χ3v) is 2.79. The average molecular weight is 243 g/mol. The van der Waals surface area contributed by atoms with E-state index < -0.39 is 5.95 Å². The number of aromatic nitrogens is 3. The van der Waals surface area contributed by atoms with E-state index in [2.05, 4.69) is 9.97 Å². The van der Waals surface area contributed by atoms with Crippen molar-refractivity contribution in [3.63, 3.8) is 0 Å². The van der Waals surface area contributed by atoms with Gasteiger partial charge in [0.25, 0.3) is 0 Å². The highest BCUT2D eigenvalue weighted by atomic mass is 19.1. The van der Waals surface area contributed by atoms with Gasteiger partial charge < -0.3 is 9.67 Å². The highest BCUT2D eigenvalue weighted by Gasteiger charge is 2.07. The summed E-state index contributed by atoms with van der Waals surface area (Å²) < 4.78 is 14.5. The minimum atomic E-state index is -0.504. The smallest absolute Gasteiger partial charge is 0.230 e. The molecule has 2 heterocycles. The third-order valence-electron chi connectivity index (χ3n) is 2.79. The second-order valence-corrected chi connectivity index (χ2v) is 4.01. The van der Waals surface area contributed by atoms with Gasteiger partial charge in [-0.2, -0.15) is 4.39 Å². The van der Waals surface area contributed by atoms with Crippen LogP contribution in [0, 0.1) is 5.95 Å². The maximum atomic E-state index is 12.8. The van der Waals surface area contributed by atoms with E-state index in [4.69, 9.17) is 0 Å². The van der Waals surface area contributed by atoms with Gasteiger partial charge in [0.05, 0.1) is 12.5 Å². The van der Waals surface area contributed by atoms with Crippen LogP contribution in [0.25, 0.3) is 10.9 Å². The fourth-order valence-electron chi connectivity index (χ4n) is 1.97. The molecule has 0 fully saturated rings. The lowest BCUT2D eigenvalue weighted by atomic mass is 10.1. The maximum Gasteiger partial charge on any atom is 0.230 e. The van der Waals surface area contributed by atoms with Gasteiger partial charge in [-0.3, -0.25) is 4.98 Å². The van der Waals surface area contributed by atoms with Crippen LogP contribution in [0.2, 0.25) is 0 Å². The molecule has 1 N–H and O–H groups in total. The van der Waals surface area contributed by atoms with E-state index in [1.54, 1.807) is 29.0 Å². The van der Waals surface area contributed by atoms with Crippen LogP contribution < -0.4 is 0 Å². The monoisotopic (exact) mass is 243 g/mol. The summed E-state index contributed by atoms with van der Waals surface area (Å²) in [5.41, 5.74) is 1.50. The Morgan fingerprint density at radius 1 is 1.22 bits per heavy atom. The van der Waals surface area contributed by atoms with Crippen molar-refractivity contribution in [3.05, 3.63) is 54.5 Å². The second-order valence-electron chi connectivity index (χ2n) is 4.01. The molecule has 5 heteroatoms. The topological polar surface area (TPSA) is 50.9 Å². The molecule has 2 aromatic heterocycles. The van der Waals surface area contributed by atoms with Gasteiger partial charge in [0, 0.05) is 18.1 Å². The van der Waals surface area contributed by atoms with Crippen LogP contribution in [0.5, 0.6) is 5.75 Å². The molecule has 0 bridgehead atoms. The molecule has 0 spiro atoms. The van der Waals surface area contributed by atoms with Crippen molar-refractivity contribution in [2.75, 3.05) is 0 Å². The first-order valence-electron chi connectivity index (χ1n) is 5.47. The third kappa shape index (κ3) is 1.79. The average Bonchev–Trinajstić information content (AvgIpc) is 2.79. The van der Waals surface area contributed by atoms with Crippen LogP contribution >= 0.6 is 0 Å². The van der Waals surface area contributed by atoms with Gasteiger partial charge in [-0.05, 0) is 17.7 Å². The predicted octanol–water partition coefficient (Wildman–Crippen LogP) is 2.32. The molecule has 1 aromatic carbocycles. The van der Waals surface area contributed by atoms with Gasteiger partial charge in [-0.15, -0.1) is 0 Å². The Morgan fingerprint density at radius 2 is 2.11 bits per heavy atom. The summed E-state index contributed by atoms with van der Waals surface area (Å²) >= 11 is 0. The molecule has 90 valence electrons. The van der Waals surface area contributed by atoms with Crippen molar-refractivity contribution in [3.8, 4) is 5.75 Å². The summed E-state index contributed by atoms with van der Waals surface area (Å²) in [7, 11) is 0. The van der Waals surface area contributed by atoms with E-state index in [1.165, 1.54) is 12.5 Å². The molecule has 0 atom stereocenters. The number of aromatic hydroxyl groups is 1. The number of hydrogen-bond acceptors (Lipinski definition) is 3. The predicted molar refractivity (Wildman–Crippen MR) is 64.7 cm³/mol. The fraction of sp³-hybridized carbons (Fsp3) is 0.0769. The number of halogens is 1. The summed E-state index contributed by atoms with van der Waals surface area (Å²) in [5.74, 6) is -0.359. The Labute approximate surface area is 102 Å². The van der Waals surface area contributed by atoms with Crippen molar-refractivity contribution in [1.82, 2.24) is 14.5 Å². The zero-order valence-corrected chi connectivity index (χ0v) is 9.42. The van der Waals surface area contributed by atoms with Crippen molar-refractivity contribution in [1.29, 1.82) is 0 Å². The number of nitrogens with zero attached hydrogens (tertiary/aromatic N) is 3. The molecule has 0 saturated carbocycles. The van der Waals surface area contributed by atoms with Crippen LogP contribution in [0.3, 0.4) is 0 Å². The van der Waals surface area contributed by atoms with Gasteiger partial charge in [0.15, 0.2) is 0 Å². The Bertz CT molecular complexity index is 708. The van der Waals surface area contributed by atoms with E-state index in [0.717, 1.165) is 10.9 Å². The first kappa shape index (κ1) is 10.7. The number of phenolic OH excluding ortho intramolecular Hbond substituents is 1. The molecular formula is C13H10FN3O. The Balaban J connectivity index is 2.09. The van der Waals surface area contributed by atoms with E-state index >= 15 is 0 Å². The Kier molecular flexibility index (Phi) is 2.44. The number of fused-ring (bicyclic) bond motifs is 1. The number of hydrogen-bond donors (Lipinski definition) is 1. The molecule has 0 aliphatic rings. The lowest BCUT2D eigenvalue weighted by molar-refractivity contribution is 0.480. The summed E-state index contributed by atoms with van der Waals surface area (Å²) in [6, 6.07) is 7.08. The van der Waals surface area contributed by atoms with E-state index in [9.17, 15) is 9.50 Å². The first-order chi connectivity index (χ1) is 8.74. The second kappa shape index (κ2) is 4.10. The van der Waals surface area contributed by atoms with Gasteiger partial charge in [0.1, 0.15) is 11.3 Å². The molecule has 0 saturated heterocycles. The summed E-state index contributed by atoms with van der Waals surface area (Å²) in [4.78, 5) is 7.68. The zero-order valence-electron chi connectivity index (χ0n) is 9.42. The number of phenols is 1. The summed E-state index contributed by atoms with van der Waals surface area (Å²) in [6.07, 6.45) is 4.39. The van der Waals surface area contributed by atoms with Crippen LogP contribution in [0.4, 0.5) is 4.39 Å². The minimum absolute atomic E-state index is 0.145. The summed E-state index contributed by atoms with van der Waals surface area (Å²) in [6.45, 7) is 0.486. The van der Waals surface area contributed by atoms with E-state index in [0.29, 0.717) is 12.1 Å². The molecule has 0 aliphatic heterocycles. The first-order valence-corrected chi connectivity index (χ1v) is 5.47. The minimum Gasteiger partial charge on any atom is -0.506 e. The van der Waals surface area contributed by atoms with E-state index in [1.807, 2.05) is 6.07 Å². The van der Waals surface area contributed by atoms with Gasteiger partial charge in [-0.1, -0.05) is 12.1 Å². The molecule has 0 radical (unpaired) electrons. The number of imidazole rings is 1. The van der Waals surface area contributed by atoms with Crippen molar-refractivity contribution in [2.24, 2.45) is 0 Å². The Hall–Kier alpha value is -2.43. The number of pyridine rings is 1. The molecule has 4 nitrogen and oxygen atoms in total. The highest BCUT2D eigenvalue weighted by Crippen LogP contribution is 2.25. The van der Waals surface area contributed by atoms with Crippen molar-refractivity contribution < 1.29 is 9.50 Å². The lowest BCUT2D eigenvalue weighted by Crippen LogP contribution is -1.97. The fourth-order valence-corrected chi connectivity index (χ4v) is 1.97. The number of benzene rings is 1. The van der Waals surface area contributed by atoms with Crippen LogP contribution in [-0.2, 0) is 6.54 Å². The number of rotatable bonds is 2. The standard InChI is InChI=1S/C13H10FN3O/c14-12-7-17(8-16-12)6-9-3-4-11(18)13-10(9)2-1-5-15-13/h1-5,7-8,18H,6H2. The quantitative estimate of drug-likeness (QED) is 0.751. The molecule has 3 aromatic rings.